The standard InChI is InChI=1S/C17H24O2/c1-6-12(2)18-14-8-9-15-13(11-14)7-10-16(19-15)17(3,4)5/h8-12H,6-7H2,1-5H3. The molecule has 0 spiro atoms. The first-order valence-corrected chi connectivity index (χ1v) is 7.08. The number of ether oxygens (including phenoxy) is 2. The topological polar surface area (TPSA) is 18.5 Å². The van der Waals surface area contributed by atoms with Crippen molar-refractivity contribution in [1.82, 2.24) is 0 Å². The van der Waals surface area contributed by atoms with E-state index in [4.69, 9.17) is 9.47 Å². The molecular formula is C17H24O2. The summed E-state index contributed by atoms with van der Waals surface area (Å²) in [5.41, 5.74) is 1.26. The normalized spacial score (nSPS) is 16.2. The van der Waals surface area contributed by atoms with Gasteiger partial charge in [0.25, 0.3) is 0 Å². The molecule has 0 amide bonds. The summed E-state index contributed by atoms with van der Waals surface area (Å²) in [6.07, 6.45) is 4.36. The van der Waals surface area contributed by atoms with E-state index in [-0.39, 0.29) is 11.5 Å². The molecule has 104 valence electrons. The molecule has 0 N–H and O–H groups in total. The molecule has 0 saturated heterocycles. The quantitative estimate of drug-likeness (QED) is 0.782. The van der Waals surface area contributed by atoms with Crippen LogP contribution in [0, 0.1) is 5.41 Å². The van der Waals surface area contributed by atoms with Gasteiger partial charge in [-0.05, 0) is 44.0 Å². The molecular weight excluding hydrogens is 236 g/mol. The molecule has 1 heterocycles. The molecule has 1 aromatic rings. The third-order valence-electron chi connectivity index (χ3n) is 3.41. The van der Waals surface area contributed by atoms with E-state index in [1.54, 1.807) is 0 Å². The maximum atomic E-state index is 5.99. The molecule has 0 aliphatic carbocycles. The van der Waals surface area contributed by atoms with E-state index in [0.29, 0.717) is 0 Å². The van der Waals surface area contributed by atoms with Crippen LogP contribution in [-0.2, 0) is 6.42 Å². The number of hydrogen-bond acceptors (Lipinski definition) is 2. The molecule has 1 aliphatic heterocycles. The molecule has 0 bridgehead atoms. The van der Waals surface area contributed by atoms with Gasteiger partial charge in [0.2, 0.25) is 0 Å². The Balaban J connectivity index is 2.16. The van der Waals surface area contributed by atoms with Crippen molar-refractivity contribution in [3.8, 4) is 11.5 Å². The van der Waals surface area contributed by atoms with Crippen LogP contribution in [0.2, 0.25) is 0 Å². The van der Waals surface area contributed by atoms with E-state index in [2.05, 4.69) is 46.8 Å². The minimum atomic E-state index is 0.0591. The van der Waals surface area contributed by atoms with Crippen LogP contribution in [0.15, 0.2) is 30.0 Å². The third kappa shape index (κ3) is 3.31. The van der Waals surface area contributed by atoms with Crippen LogP contribution in [-0.4, -0.2) is 6.10 Å². The van der Waals surface area contributed by atoms with Crippen molar-refractivity contribution in [2.75, 3.05) is 0 Å². The van der Waals surface area contributed by atoms with Gasteiger partial charge in [-0.25, -0.2) is 0 Å². The van der Waals surface area contributed by atoms with Gasteiger partial charge < -0.3 is 9.47 Å². The van der Waals surface area contributed by atoms with Gasteiger partial charge in [-0.3, -0.25) is 0 Å². The van der Waals surface area contributed by atoms with Crippen molar-refractivity contribution in [3.05, 3.63) is 35.6 Å². The Morgan fingerprint density at radius 3 is 2.68 bits per heavy atom. The maximum Gasteiger partial charge on any atom is 0.130 e. The predicted molar refractivity (Wildman–Crippen MR) is 78.7 cm³/mol. The van der Waals surface area contributed by atoms with Gasteiger partial charge >= 0.3 is 0 Å². The summed E-state index contributed by atoms with van der Waals surface area (Å²) in [4.78, 5) is 0. The zero-order chi connectivity index (χ0) is 14.0. The molecule has 2 nitrogen and oxygen atoms in total. The molecule has 0 fully saturated rings. The minimum absolute atomic E-state index is 0.0591. The molecule has 1 atom stereocenters. The van der Waals surface area contributed by atoms with Gasteiger partial charge in [-0.2, -0.15) is 0 Å². The first-order valence-electron chi connectivity index (χ1n) is 7.08. The van der Waals surface area contributed by atoms with E-state index in [1.807, 2.05) is 12.1 Å². The van der Waals surface area contributed by atoms with Gasteiger partial charge in [0.1, 0.15) is 17.3 Å². The summed E-state index contributed by atoms with van der Waals surface area (Å²) >= 11 is 0. The zero-order valence-corrected chi connectivity index (χ0v) is 12.6. The first-order chi connectivity index (χ1) is 8.90. The fraction of sp³-hybridized carbons (Fsp3) is 0.529. The molecule has 1 unspecified atom stereocenters. The van der Waals surface area contributed by atoms with Crippen LogP contribution >= 0.6 is 0 Å². The average molecular weight is 260 g/mol. The molecule has 19 heavy (non-hydrogen) atoms. The van der Waals surface area contributed by atoms with E-state index in [0.717, 1.165) is 30.1 Å². The Morgan fingerprint density at radius 1 is 1.32 bits per heavy atom. The van der Waals surface area contributed by atoms with Crippen molar-refractivity contribution < 1.29 is 9.47 Å². The monoisotopic (exact) mass is 260 g/mol. The van der Waals surface area contributed by atoms with Crippen LogP contribution in [0.3, 0.4) is 0 Å². The van der Waals surface area contributed by atoms with Gasteiger partial charge in [-0.15, -0.1) is 0 Å². The van der Waals surface area contributed by atoms with Gasteiger partial charge in [0.15, 0.2) is 0 Å². The summed E-state index contributed by atoms with van der Waals surface area (Å²) in [5.74, 6) is 2.95. The fourth-order valence-electron chi connectivity index (χ4n) is 2.03. The highest BCUT2D eigenvalue weighted by molar-refractivity contribution is 5.44. The van der Waals surface area contributed by atoms with Crippen molar-refractivity contribution in [2.24, 2.45) is 5.41 Å². The van der Waals surface area contributed by atoms with Gasteiger partial charge in [-0.1, -0.05) is 27.7 Å². The maximum absolute atomic E-state index is 5.99. The van der Waals surface area contributed by atoms with E-state index >= 15 is 0 Å². The van der Waals surface area contributed by atoms with Gasteiger partial charge in [0, 0.05) is 11.0 Å². The lowest BCUT2D eigenvalue weighted by atomic mass is 9.91. The van der Waals surface area contributed by atoms with Crippen molar-refractivity contribution >= 4 is 0 Å². The Labute approximate surface area is 116 Å². The molecule has 1 aliphatic rings. The number of hydrogen-bond donors (Lipinski definition) is 0. The van der Waals surface area contributed by atoms with E-state index < -0.39 is 0 Å². The van der Waals surface area contributed by atoms with E-state index in [1.165, 1.54) is 5.56 Å². The van der Waals surface area contributed by atoms with Gasteiger partial charge in [0.05, 0.1) is 6.10 Å². The lowest BCUT2D eigenvalue weighted by Gasteiger charge is -2.27. The zero-order valence-electron chi connectivity index (χ0n) is 12.6. The van der Waals surface area contributed by atoms with E-state index in [9.17, 15) is 0 Å². The molecule has 2 heteroatoms. The minimum Gasteiger partial charge on any atom is -0.491 e. The second-order valence-electron chi connectivity index (χ2n) is 6.23. The van der Waals surface area contributed by atoms with Crippen molar-refractivity contribution in [1.29, 1.82) is 0 Å². The lowest BCUT2D eigenvalue weighted by molar-refractivity contribution is 0.216. The second-order valence-corrected chi connectivity index (χ2v) is 6.23. The van der Waals surface area contributed by atoms with Crippen LogP contribution in [0.25, 0.3) is 0 Å². The van der Waals surface area contributed by atoms with Crippen LogP contribution in [0.4, 0.5) is 0 Å². The Hall–Kier alpha value is -1.44. The highest BCUT2D eigenvalue weighted by Crippen LogP contribution is 2.36. The third-order valence-corrected chi connectivity index (χ3v) is 3.41. The Kier molecular flexibility index (Phi) is 3.88. The molecule has 1 aromatic carbocycles. The SMILES string of the molecule is CCC(C)Oc1ccc2c(c1)CC=C(C(C)(C)C)O2. The number of benzene rings is 1. The largest absolute Gasteiger partial charge is 0.491 e. The van der Waals surface area contributed by atoms with Crippen molar-refractivity contribution in [3.63, 3.8) is 0 Å². The summed E-state index contributed by atoms with van der Waals surface area (Å²) in [7, 11) is 0. The molecule has 2 rings (SSSR count). The molecule has 0 saturated carbocycles. The van der Waals surface area contributed by atoms with Crippen LogP contribution < -0.4 is 9.47 Å². The van der Waals surface area contributed by atoms with Crippen molar-refractivity contribution in [2.45, 2.75) is 53.6 Å². The predicted octanol–water partition coefficient (Wildman–Crippen LogP) is 4.73. The Morgan fingerprint density at radius 2 is 2.05 bits per heavy atom. The number of fused-ring (bicyclic) bond motifs is 1. The lowest BCUT2D eigenvalue weighted by Crippen LogP contribution is -2.18. The van der Waals surface area contributed by atoms with Crippen LogP contribution in [0.5, 0.6) is 11.5 Å². The summed E-state index contributed by atoms with van der Waals surface area (Å²) in [5, 5.41) is 0. The summed E-state index contributed by atoms with van der Waals surface area (Å²) in [6, 6.07) is 6.11. The average Bonchev–Trinajstić information content (AvgIpc) is 2.36. The second kappa shape index (κ2) is 5.28. The highest BCUT2D eigenvalue weighted by Gasteiger charge is 2.23. The van der Waals surface area contributed by atoms with Crippen LogP contribution in [0.1, 0.15) is 46.6 Å². The first kappa shape index (κ1) is 14.0. The number of allylic oxidation sites excluding steroid dienone is 2. The smallest absolute Gasteiger partial charge is 0.130 e. The fourth-order valence-corrected chi connectivity index (χ4v) is 2.03. The molecule has 0 radical (unpaired) electrons. The number of rotatable bonds is 3. The Bertz CT molecular complexity index is 481. The highest BCUT2D eigenvalue weighted by atomic mass is 16.5. The molecule has 0 aromatic heterocycles. The summed E-state index contributed by atoms with van der Waals surface area (Å²) in [6.45, 7) is 10.7. The summed E-state index contributed by atoms with van der Waals surface area (Å²) < 4.78 is 11.8.